The second kappa shape index (κ2) is 4.27. The molecule has 0 N–H and O–H groups in total. The van der Waals surface area contributed by atoms with Gasteiger partial charge in [-0.05, 0) is 25.0 Å². The summed E-state index contributed by atoms with van der Waals surface area (Å²) in [6, 6.07) is 7.55. The van der Waals surface area contributed by atoms with Gasteiger partial charge in [0, 0.05) is 10.5 Å². The van der Waals surface area contributed by atoms with Crippen molar-refractivity contribution in [3.05, 3.63) is 45.5 Å². The molecule has 13 heavy (non-hydrogen) atoms. The van der Waals surface area contributed by atoms with Crippen LogP contribution in [0.4, 0.5) is 0 Å². The summed E-state index contributed by atoms with van der Waals surface area (Å²) in [5, 5.41) is 9.95. The molecule has 0 saturated heterocycles. The summed E-state index contributed by atoms with van der Waals surface area (Å²) in [5.74, 6) is 5.18. The lowest BCUT2D eigenvalue weighted by Crippen LogP contribution is -1.96. The van der Waals surface area contributed by atoms with E-state index in [1.807, 2.05) is 31.2 Å². The van der Waals surface area contributed by atoms with Gasteiger partial charge in [-0.3, -0.25) is 10.1 Å². The fourth-order valence-electron chi connectivity index (χ4n) is 0.843. The minimum Gasteiger partial charge on any atom is -0.264 e. The number of aryl methyl sites for hydroxylation is 1. The Hall–Kier alpha value is -1.82. The Morgan fingerprint density at radius 3 is 2.54 bits per heavy atom. The quantitative estimate of drug-likeness (QED) is 0.370. The van der Waals surface area contributed by atoms with Crippen molar-refractivity contribution in [2.75, 3.05) is 6.54 Å². The summed E-state index contributed by atoms with van der Waals surface area (Å²) in [6.07, 6.45) is 0. The van der Waals surface area contributed by atoms with Crippen molar-refractivity contribution in [1.29, 1.82) is 0 Å². The number of nitro groups is 1. The highest BCUT2D eigenvalue weighted by Gasteiger charge is 1.88. The predicted octanol–water partition coefficient (Wildman–Crippen LogP) is 1.62. The highest BCUT2D eigenvalue weighted by molar-refractivity contribution is 5.35. The van der Waals surface area contributed by atoms with Crippen LogP contribution in [0.2, 0.25) is 0 Å². The van der Waals surface area contributed by atoms with Crippen LogP contribution in [0, 0.1) is 28.9 Å². The summed E-state index contributed by atoms with van der Waals surface area (Å²) in [5.41, 5.74) is 1.97. The van der Waals surface area contributed by atoms with E-state index in [1.54, 1.807) is 0 Å². The van der Waals surface area contributed by atoms with Gasteiger partial charge in [-0.15, -0.1) is 0 Å². The fraction of sp³-hybridized carbons (Fsp3) is 0.200. The van der Waals surface area contributed by atoms with Gasteiger partial charge in [0.25, 0.3) is 6.54 Å². The molecule has 0 radical (unpaired) electrons. The average molecular weight is 175 g/mol. The standard InChI is InChI=1S/C10H9NO2/c1-9-4-6-10(7-5-9)3-2-8-11(12)13/h4-7H,8H2,1H3. The van der Waals surface area contributed by atoms with Gasteiger partial charge >= 0.3 is 0 Å². The largest absolute Gasteiger partial charge is 0.264 e. The molecule has 0 bridgehead atoms. The maximum atomic E-state index is 9.95. The third kappa shape index (κ3) is 3.39. The van der Waals surface area contributed by atoms with Crippen molar-refractivity contribution in [1.82, 2.24) is 0 Å². The molecule has 0 atom stereocenters. The van der Waals surface area contributed by atoms with Crippen LogP contribution in [-0.4, -0.2) is 11.5 Å². The zero-order valence-corrected chi connectivity index (χ0v) is 7.28. The molecular formula is C10H9NO2. The zero-order chi connectivity index (χ0) is 9.68. The second-order valence-corrected chi connectivity index (χ2v) is 2.66. The molecule has 3 nitrogen and oxygen atoms in total. The van der Waals surface area contributed by atoms with Crippen molar-refractivity contribution in [2.24, 2.45) is 0 Å². The van der Waals surface area contributed by atoms with Crippen LogP contribution in [-0.2, 0) is 0 Å². The van der Waals surface area contributed by atoms with E-state index in [1.165, 1.54) is 0 Å². The van der Waals surface area contributed by atoms with E-state index in [4.69, 9.17) is 0 Å². The van der Waals surface area contributed by atoms with E-state index in [2.05, 4.69) is 11.8 Å². The SMILES string of the molecule is Cc1ccc(C#CC[N+](=O)[O-])cc1. The van der Waals surface area contributed by atoms with E-state index in [0.717, 1.165) is 11.1 Å². The van der Waals surface area contributed by atoms with Gasteiger partial charge in [-0.25, -0.2) is 0 Å². The number of rotatable bonds is 1. The number of hydrogen-bond acceptors (Lipinski definition) is 2. The topological polar surface area (TPSA) is 43.1 Å². The summed E-state index contributed by atoms with van der Waals surface area (Å²) in [7, 11) is 0. The minimum absolute atomic E-state index is 0.298. The molecule has 0 fully saturated rings. The number of hydrogen-bond donors (Lipinski definition) is 0. The minimum atomic E-state index is -0.443. The van der Waals surface area contributed by atoms with Crippen LogP contribution >= 0.6 is 0 Å². The van der Waals surface area contributed by atoms with E-state index in [0.29, 0.717) is 0 Å². The Morgan fingerprint density at radius 1 is 1.38 bits per heavy atom. The van der Waals surface area contributed by atoms with Crippen LogP contribution < -0.4 is 0 Å². The Kier molecular flexibility index (Phi) is 3.04. The molecule has 1 rings (SSSR count). The molecule has 0 aliphatic heterocycles. The Morgan fingerprint density at radius 2 is 2.00 bits per heavy atom. The number of benzene rings is 1. The van der Waals surface area contributed by atoms with E-state index in [-0.39, 0.29) is 6.54 Å². The van der Waals surface area contributed by atoms with E-state index >= 15 is 0 Å². The summed E-state index contributed by atoms with van der Waals surface area (Å²) >= 11 is 0. The first kappa shape index (κ1) is 9.27. The van der Waals surface area contributed by atoms with Crippen LogP contribution in [0.1, 0.15) is 11.1 Å². The molecule has 1 aromatic carbocycles. The van der Waals surface area contributed by atoms with Crippen LogP contribution in [0.15, 0.2) is 24.3 Å². The molecule has 0 aliphatic carbocycles. The van der Waals surface area contributed by atoms with Crippen molar-refractivity contribution < 1.29 is 4.92 Å². The van der Waals surface area contributed by atoms with Crippen LogP contribution in [0.5, 0.6) is 0 Å². The van der Waals surface area contributed by atoms with Crippen molar-refractivity contribution >= 4 is 0 Å². The van der Waals surface area contributed by atoms with Gasteiger partial charge in [0.2, 0.25) is 0 Å². The molecule has 0 aliphatic rings. The molecule has 0 amide bonds. The Bertz CT molecular complexity index is 357. The zero-order valence-electron chi connectivity index (χ0n) is 7.28. The molecule has 3 heteroatoms. The van der Waals surface area contributed by atoms with Gasteiger partial charge < -0.3 is 0 Å². The highest BCUT2D eigenvalue weighted by atomic mass is 16.6. The first-order valence-corrected chi connectivity index (χ1v) is 3.86. The first-order chi connectivity index (χ1) is 6.18. The lowest BCUT2D eigenvalue weighted by molar-refractivity contribution is -0.466. The Labute approximate surface area is 76.5 Å². The lowest BCUT2D eigenvalue weighted by Gasteiger charge is -1.90. The first-order valence-electron chi connectivity index (χ1n) is 3.86. The van der Waals surface area contributed by atoms with E-state index < -0.39 is 4.92 Å². The maximum absolute atomic E-state index is 9.95. The van der Waals surface area contributed by atoms with Gasteiger partial charge in [0.05, 0.1) is 0 Å². The Balaban J connectivity index is 2.67. The predicted molar refractivity (Wildman–Crippen MR) is 49.9 cm³/mol. The summed E-state index contributed by atoms with van der Waals surface area (Å²) in [6.45, 7) is 1.68. The molecule has 0 heterocycles. The third-order valence-electron chi connectivity index (χ3n) is 1.49. The third-order valence-corrected chi connectivity index (χ3v) is 1.49. The highest BCUT2D eigenvalue weighted by Crippen LogP contribution is 2.00. The summed E-state index contributed by atoms with van der Waals surface area (Å²) in [4.78, 5) is 9.50. The van der Waals surface area contributed by atoms with Gasteiger partial charge in [0.15, 0.2) is 0 Å². The van der Waals surface area contributed by atoms with E-state index in [9.17, 15) is 10.1 Å². The molecular weight excluding hydrogens is 166 g/mol. The smallest absolute Gasteiger partial charge is 0.263 e. The fourth-order valence-corrected chi connectivity index (χ4v) is 0.843. The second-order valence-electron chi connectivity index (χ2n) is 2.66. The lowest BCUT2D eigenvalue weighted by atomic mass is 10.2. The van der Waals surface area contributed by atoms with Crippen molar-refractivity contribution in [3.63, 3.8) is 0 Å². The van der Waals surface area contributed by atoms with Crippen molar-refractivity contribution in [2.45, 2.75) is 6.92 Å². The number of nitrogens with zero attached hydrogens (tertiary/aromatic N) is 1. The molecule has 1 aromatic rings. The van der Waals surface area contributed by atoms with Crippen LogP contribution in [0.25, 0.3) is 0 Å². The normalized spacial score (nSPS) is 8.69. The molecule has 0 spiro atoms. The molecule has 0 unspecified atom stereocenters. The van der Waals surface area contributed by atoms with Gasteiger partial charge in [-0.1, -0.05) is 23.6 Å². The molecule has 0 saturated carbocycles. The van der Waals surface area contributed by atoms with Gasteiger partial charge in [-0.2, -0.15) is 0 Å². The summed E-state index contributed by atoms with van der Waals surface area (Å²) < 4.78 is 0. The molecule has 0 aromatic heterocycles. The van der Waals surface area contributed by atoms with Crippen LogP contribution in [0.3, 0.4) is 0 Å². The average Bonchev–Trinajstić information content (AvgIpc) is 2.08. The molecule has 66 valence electrons. The van der Waals surface area contributed by atoms with Gasteiger partial charge in [0.1, 0.15) is 0 Å². The van der Waals surface area contributed by atoms with Crippen molar-refractivity contribution in [3.8, 4) is 11.8 Å². The maximum Gasteiger partial charge on any atom is 0.263 e. The monoisotopic (exact) mass is 175 g/mol.